The number of nitrogens with zero attached hydrogens (tertiary/aromatic N) is 1. The topological polar surface area (TPSA) is 37.8 Å². The van der Waals surface area contributed by atoms with Crippen LogP contribution in [0.3, 0.4) is 0 Å². The van der Waals surface area contributed by atoms with Crippen LogP contribution in [0.25, 0.3) is 0 Å². The van der Waals surface area contributed by atoms with Gasteiger partial charge in [-0.15, -0.1) is 0 Å². The van der Waals surface area contributed by atoms with Crippen LogP contribution in [0, 0.1) is 6.92 Å². The Morgan fingerprint density at radius 1 is 1.70 bits per heavy atom. The van der Waals surface area contributed by atoms with Gasteiger partial charge in [0.2, 0.25) is 0 Å². The van der Waals surface area contributed by atoms with Crippen LogP contribution in [0.15, 0.2) is 11.0 Å². The minimum Gasteiger partial charge on any atom is -0.310 e. The first-order valence-electron chi connectivity index (χ1n) is 3.50. The lowest BCUT2D eigenvalue weighted by molar-refractivity contribution is 0.656. The number of aromatic amines is 1. The highest BCUT2D eigenvalue weighted by atomic mass is 16.1. The van der Waals surface area contributed by atoms with Crippen LogP contribution in [0.5, 0.6) is 0 Å². The quantitative estimate of drug-likeness (QED) is 0.651. The first-order valence-corrected chi connectivity index (χ1v) is 3.50. The highest BCUT2D eigenvalue weighted by Crippen LogP contribution is 1.89. The van der Waals surface area contributed by atoms with E-state index in [4.69, 9.17) is 0 Å². The van der Waals surface area contributed by atoms with Crippen LogP contribution < -0.4 is 5.69 Å². The zero-order valence-corrected chi connectivity index (χ0v) is 6.35. The number of hydrogen-bond acceptors (Lipinski definition) is 1. The predicted molar refractivity (Wildman–Crippen MR) is 40.1 cm³/mol. The molecule has 0 saturated heterocycles. The molecular weight excluding hydrogens is 128 g/mol. The Kier molecular flexibility index (Phi) is 1.94. The van der Waals surface area contributed by atoms with Crippen molar-refractivity contribution in [2.45, 2.75) is 26.8 Å². The summed E-state index contributed by atoms with van der Waals surface area (Å²) < 4.78 is 1.69. The summed E-state index contributed by atoms with van der Waals surface area (Å²) in [6, 6.07) is 0. The number of hydrogen-bond donors (Lipinski definition) is 1. The molecule has 0 saturated carbocycles. The normalized spacial score (nSPS) is 10.2. The van der Waals surface area contributed by atoms with Gasteiger partial charge in [0.25, 0.3) is 0 Å². The molecule has 0 unspecified atom stereocenters. The maximum absolute atomic E-state index is 10.9. The highest BCUT2D eigenvalue weighted by molar-refractivity contribution is 4.92. The standard InChI is InChI=1S/C7H12N2O/c1-3-4-9-5-6(2)8-7(9)10/h5H,3-4H2,1-2H3,(H,8,10). The van der Waals surface area contributed by atoms with Gasteiger partial charge in [0, 0.05) is 18.4 Å². The molecule has 1 heterocycles. The molecule has 0 atom stereocenters. The molecule has 1 rings (SSSR count). The summed E-state index contributed by atoms with van der Waals surface area (Å²) in [5, 5.41) is 0. The number of H-pyrrole nitrogens is 1. The molecule has 10 heavy (non-hydrogen) atoms. The second-order valence-electron chi connectivity index (χ2n) is 2.44. The van der Waals surface area contributed by atoms with Gasteiger partial charge >= 0.3 is 5.69 Å². The molecule has 0 fully saturated rings. The number of aromatic nitrogens is 2. The Balaban J connectivity index is 2.92. The molecule has 0 aliphatic carbocycles. The van der Waals surface area contributed by atoms with Crippen molar-refractivity contribution in [3.8, 4) is 0 Å². The Hall–Kier alpha value is -0.990. The van der Waals surface area contributed by atoms with Gasteiger partial charge in [0.15, 0.2) is 0 Å². The molecule has 0 amide bonds. The number of aryl methyl sites for hydroxylation is 2. The van der Waals surface area contributed by atoms with Gasteiger partial charge in [-0.3, -0.25) is 4.57 Å². The Labute approximate surface area is 59.7 Å². The van der Waals surface area contributed by atoms with E-state index in [9.17, 15) is 4.79 Å². The van der Waals surface area contributed by atoms with Crippen molar-refractivity contribution in [2.24, 2.45) is 0 Å². The van der Waals surface area contributed by atoms with Crippen molar-refractivity contribution in [1.82, 2.24) is 9.55 Å². The second-order valence-corrected chi connectivity index (χ2v) is 2.44. The molecule has 0 radical (unpaired) electrons. The summed E-state index contributed by atoms with van der Waals surface area (Å²) in [6.07, 6.45) is 2.84. The maximum Gasteiger partial charge on any atom is 0.325 e. The molecule has 1 aromatic rings. The van der Waals surface area contributed by atoms with E-state index in [0.717, 1.165) is 18.7 Å². The molecule has 0 aliphatic rings. The van der Waals surface area contributed by atoms with Gasteiger partial charge in [-0.1, -0.05) is 6.92 Å². The van der Waals surface area contributed by atoms with Gasteiger partial charge in [-0.05, 0) is 13.3 Å². The fourth-order valence-electron chi connectivity index (χ4n) is 0.972. The van der Waals surface area contributed by atoms with Crippen LogP contribution in [-0.2, 0) is 6.54 Å². The van der Waals surface area contributed by atoms with E-state index in [1.807, 2.05) is 13.1 Å². The molecular formula is C7H12N2O. The molecule has 3 nitrogen and oxygen atoms in total. The monoisotopic (exact) mass is 140 g/mol. The van der Waals surface area contributed by atoms with E-state index in [1.165, 1.54) is 0 Å². The molecule has 0 spiro atoms. The molecule has 0 aromatic carbocycles. The fraction of sp³-hybridized carbons (Fsp3) is 0.571. The third kappa shape index (κ3) is 1.29. The lowest BCUT2D eigenvalue weighted by Crippen LogP contribution is -2.15. The van der Waals surface area contributed by atoms with Crippen molar-refractivity contribution in [1.29, 1.82) is 0 Å². The zero-order chi connectivity index (χ0) is 7.56. The Morgan fingerprint density at radius 3 is 2.80 bits per heavy atom. The first kappa shape index (κ1) is 7.12. The SMILES string of the molecule is CCCn1cc(C)[nH]c1=O. The maximum atomic E-state index is 10.9. The van der Waals surface area contributed by atoms with Crippen LogP contribution >= 0.6 is 0 Å². The third-order valence-corrected chi connectivity index (χ3v) is 1.38. The smallest absolute Gasteiger partial charge is 0.310 e. The summed E-state index contributed by atoms with van der Waals surface area (Å²) in [5.74, 6) is 0. The second kappa shape index (κ2) is 2.73. The largest absolute Gasteiger partial charge is 0.325 e. The van der Waals surface area contributed by atoms with Gasteiger partial charge in [0.1, 0.15) is 0 Å². The predicted octanol–water partition coefficient (Wildman–Crippen LogP) is 0.895. The van der Waals surface area contributed by atoms with E-state index < -0.39 is 0 Å². The summed E-state index contributed by atoms with van der Waals surface area (Å²) in [5.41, 5.74) is 0.929. The van der Waals surface area contributed by atoms with Gasteiger partial charge in [-0.25, -0.2) is 4.79 Å². The van der Waals surface area contributed by atoms with E-state index in [0.29, 0.717) is 0 Å². The molecule has 1 N–H and O–H groups in total. The lowest BCUT2D eigenvalue weighted by atomic mass is 10.5. The van der Waals surface area contributed by atoms with E-state index in [-0.39, 0.29) is 5.69 Å². The number of imidazole rings is 1. The fourth-order valence-corrected chi connectivity index (χ4v) is 0.972. The average Bonchev–Trinajstić information content (AvgIpc) is 2.13. The summed E-state index contributed by atoms with van der Waals surface area (Å²) in [7, 11) is 0. The van der Waals surface area contributed by atoms with E-state index in [2.05, 4.69) is 11.9 Å². The zero-order valence-electron chi connectivity index (χ0n) is 6.35. The molecule has 1 aromatic heterocycles. The van der Waals surface area contributed by atoms with Crippen molar-refractivity contribution in [3.05, 3.63) is 22.4 Å². The Bertz CT molecular complexity index is 259. The Morgan fingerprint density at radius 2 is 2.40 bits per heavy atom. The molecule has 3 heteroatoms. The lowest BCUT2D eigenvalue weighted by Gasteiger charge is -1.92. The number of nitrogens with one attached hydrogen (secondary N) is 1. The average molecular weight is 140 g/mol. The first-order chi connectivity index (χ1) is 4.74. The van der Waals surface area contributed by atoms with Crippen LogP contribution in [0.1, 0.15) is 19.0 Å². The molecule has 0 aliphatic heterocycles. The van der Waals surface area contributed by atoms with Crippen molar-refractivity contribution >= 4 is 0 Å². The number of rotatable bonds is 2. The molecule has 56 valence electrons. The molecule has 0 bridgehead atoms. The summed E-state index contributed by atoms with van der Waals surface area (Å²) in [6.45, 7) is 4.74. The minimum atomic E-state index is -0.000602. The van der Waals surface area contributed by atoms with Crippen molar-refractivity contribution < 1.29 is 0 Å². The van der Waals surface area contributed by atoms with Crippen molar-refractivity contribution in [3.63, 3.8) is 0 Å². The summed E-state index contributed by atoms with van der Waals surface area (Å²) >= 11 is 0. The van der Waals surface area contributed by atoms with Gasteiger partial charge < -0.3 is 4.98 Å². The van der Waals surface area contributed by atoms with Crippen LogP contribution in [-0.4, -0.2) is 9.55 Å². The van der Waals surface area contributed by atoms with E-state index >= 15 is 0 Å². The van der Waals surface area contributed by atoms with Crippen LogP contribution in [0.2, 0.25) is 0 Å². The van der Waals surface area contributed by atoms with Crippen LogP contribution in [0.4, 0.5) is 0 Å². The minimum absolute atomic E-state index is 0.000602. The van der Waals surface area contributed by atoms with Gasteiger partial charge in [-0.2, -0.15) is 0 Å². The highest BCUT2D eigenvalue weighted by Gasteiger charge is 1.95. The van der Waals surface area contributed by atoms with Gasteiger partial charge in [0.05, 0.1) is 0 Å². The third-order valence-electron chi connectivity index (χ3n) is 1.38. The van der Waals surface area contributed by atoms with Crippen molar-refractivity contribution in [2.75, 3.05) is 0 Å². The van der Waals surface area contributed by atoms with E-state index in [1.54, 1.807) is 4.57 Å². The summed E-state index contributed by atoms with van der Waals surface area (Å²) in [4.78, 5) is 13.6.